The molecule has 2 rings (SSSR count). The molecule has 2 N–H and O–H groups in total. The van der Waals surface area contributed by atoms with Crippen molar-refractivity contribution in [2.45, 2.75) is 4.90 Å². The molecule has 0 saturated carbocycles. The Morgan fingerprint density at radius 1 is 1.44 bits per heavy atom. The van der Waals surface area contributed by atoms with Gasteiger partial charge in [-0.1, -0.05) is 23.2 Å². The molecule has 0 atom stereocenters. The van der Waals surface area contributed by atoms with Gasteiger partial charge in [-0.3, -0.25) is 4.79 Å². The van der Waals surface area contributed by atoms with Crippen LogP contribution in [0.2, 0.25) is 10.0 Å². The van der Waals surface area contributed by atoms with E-state index in [1.54, 1.807) is 12.1 Å². The first-order valence-electron chi connectivity index (χ1n) is 5.63. The highest BCUT2D eigenvalue weighted by molar-refractivity contribution is 7.98. The average Bonchev–Trinajstić information content (AvgIpc) is 2.27. The van der Waals surface area contributed by atoms with Gasteiger partial charge in [0.2, 0.25) is 0 Å². The molecule has 1 amide bonds. The van der Waals surface area contributed by atoms with Gasteiger partial charge in [0.1, 0.15) is 0 Å². The summed E-state index contributed by atoms with van der Waals surface area (Å²) in [5, 5.41) is 7.03. The lowest BCUT2D eigenvalue weighted by atomic mass is 10.0. The van der Waals surface area contributed by atoms with Crippen LogP contribution in [0, 0.1) is 5.92 Å². The third-order valence-electron chi connectivity index (χ3n) is 2.90. The molecular formula is C12H14Cl2N2OS. The Bertz CT molecular complexity index is 464. The van der Waals surface area contributed by atoms with Crippen molar-refractivity contribution >= 4 is 40.9 Å². The van der Waals surface area contributed by atoms with Gasteiger partial charge >= 0.3 is 0 Å². The number of halogens is 2. The summed E-state index contributed by atoms with van der Waals surface area (Å²) in [7, 11) is 0. The van der Waals surface area contributed by atoms with Crippen LogP contribution in [0.1, 0.15) is 10.4 Å². The summed E-state index contributed by atoms with van der Waals surface area (Å²) in [5.41, 5.74) is 0.484. The highest BCUT2D eigenvalue weighted by Crippen LogP contribution is 2.31. The van der Waals surface area contributed by atoms with E-state index >= 15 is 0 Å². The van der Waals surface area contributed by atoms with Crippen LogP contribution in [-0.2, 0) is 0 Å². The minimum absolute atomic E-state index is 0.140. The van der Waals surface area contributed by atoms with Crippen molar-refractivity contribution in [2.75, 3.05) is 25.9 Å². The molecule has 98 valence electrons. The van der Waals surface area contributed by atoms with Gasteiger partial charge in [0.25, 0.3) is 5.91 Å². The second-order valence-corrected chi connectivity index (χ2v) is 5.86. The van der Waals surface area contributed by atoms with E-state index < -0.39 is 0 Å². The lowest BCUT2D eigenvalue weighted by molar-refractivity contribution is 0.0942. The summed E-state index contributed by atoms with van der Waals surface area (Å²) in [6.07, 6.45) is 1.91. The molecule has 18 heavy (non-hydrogen) atoms. The van der Waals surface area contributed by atoms with Crippen molar-refractivity contribution in [3.63, 3.8) is 0 Å². The second-order valence-electron chi connectivity index (χ2n) is 4.20. The number of hydrogen-bond acceptors (Lipinski definition) is 3. The van der Waals surface area contributed by atoms with E-state index in [1.165, 1.54) is 11.8 Å². The van der Waals surface area contributed by atoms with Crippen LogP contribution in [0.4, 0.5) is 0 Å². The van der Waals surface area contributed by atoms with E-state index in [0.29, 0.717) is 28.1 Å². The Hall–Kier alpha value is -0.420. The summed E-state index contributed by atoms with van der Waals surface area (Å²) in [6.45, 7) is 2.61. The molecule has 0 spiro atoms. The summed E-state index contributed by atoms with van der Waals surface area (Å²) in [6, 6.07) is 3.36. The number of carbonyl (C=O) groups is 1. The van der Waals surface area contributed by atoms with Crippen molar-refractivity contribution in [3.05, 3.63) is 27.7 Å². The lowest BCUT2D eigenvalue weighted by Gasteiger charge is -2.27. The summed E-state index contributed by atoms with van der Waals surface area (Å²) in [5.74, 6) is 0.388. The van der Waals surface area contributed by atoms with Crippen molar-refractivity contribution < 1.29 is 4.79 Å². The topological polar surface area (TPSA) is 41.1 Å². The van der Waals surface area contributed by atoms with E-state index in [0.717, 1.165) is 18.0 Å². The van der Waals surface area contributed by atoms with Crippen molar-refractivity contribution in [1.29, 1.82) is 0 Å². The first kappa shape index (κ1) is 14.0. The van der Waals surface area contributed by atoms with Crippen LogP contribution in [0.15, 0.2) is 17.0 Å². The highest BCUT2D eigenvalue weighted by Gasteiger charge is 2.19. The Morgan fingerprint density at radius 2 is 2.17 bits per heavy atom. The minimum Gasteiger partial charge on any atom is -0.352 e. The Labute approximate surface area is 121 Å². The van der Waals surface area contributed by atoms with Crippen LogP contribution in [0.25, 0.3) is 0 Å². The largest absolute Gasteiger partial charge is 0.352 e. The van der Waals surface area contributed by atoms with Crippen LogP contribution in [-0.4, -0.2) is 31.8 Å². The smallest absolute Gasteiger partial charge is 0.252 e. The number of benzene rings is 1. The molecule has 1 fully saturated rings. The first-order chi connectivity index (χ1) is 8.61. The Kier molecular flexibility index (Phi) is 4.78. The quantitative estimate of drug-likeness (QED) is 0.840. The fourth-order valence-electron chi connectivity index (χ4n) is 1.68. The summed E-state index contributed by atoms with van der Waals surface area (Å²) in [4.78, 5) is 12.9. The van der Waals surface area contributed by atoms with E-state index in [2.05, 4.69) is 10.6 Å². The number of carbonyl (C=O) groups excluding carboxylic acids is 1. The maximum Gasteiger partial charge on any atom is 0.252 e. The molecule has 0 radical (unpaired) electrons. The zero-order chi connectivity index (χ0) is 13.1. The monoisotopic (exact) mass is 304 g/mol. The van der Waals surface area contributed by atoms with Gasteiger partial charge in [0.05, 0.1) is 15.6 Å². The van der Waals surface area contributed by atoms with E-state index in [1.807, 2.05) is 6.26 Å². The molecular weight excluding hydrogens is 291 g/mol. The Morgan fingerprint density at radius 3 is 2.72 bits per heavy atom. The fraction of sp³-hybridized carbons (Fsp3) is 0.417. The SMILES string of the molecule is CSc1cc(C(=O)NCC2CNC2)c(Cl)cc1Cl. The molecule has 1 aromatic carbocycles. The summed E-state index contributed by atoms with van der Waals surface area (Å²) >= 11 is 13.6. The number of rotatable bonds is 4. The van der Waals surface area contributed by atoms with Crippen LogP contribution in [0.5, 0.6) is 0 Å². The van der Waals surface area contributed by atoms with Gasteiger partial charge in [0, 0.05) is 30.4 Å². The predicted molar refractivity (Wildman–Crippen MR) is 76.9 cm³/mol. The molecule has 0 bridgehead atoms. The van der Waals surface area contributed by atoms with Gasteiger partial charge < -0.3 is 10.6 Å². The molecule has 1 aliphatic rings. The van der Waals surface area contributed by atoms with Crippen LogP contribution in [0.3, 0.4) is 0 Å². The van der Waals surface area contributed by atoms with Crippen molar-refractivity contribution in [1.82, 2.24) is 10.6 Å². The molecule has 3 nitrogen and oxygen atoms in total. The van der Waals surface area contributed by atoms with Crippen LogP contribution < -0.4 is 10.6 Å². The van der Waals surface area contributed by atoms with Gasteiger partial charge in [-0.2, -0.15) is 0 Å². The predicted octanol–water partition coefficient (Wildman–Crippen LogP) is 2.66. The third-order valence-corrected chi connectivity index (χ3v) is 4.42. The third kappa shape index (κ3) is 3.12. The zero-order valence-corrected chi connectivity index (χ0v) is 12.3. The van der Waals surface area contributed by atoms with Crippen molar-refractivity contribution in [2.24, 2.45) is 5.92 Å². The Balaban J connectivity index is 2.08. The molecule has 1 aliphatic heterocycles. The number of hydrogen-bond donors (Lipinski definition) is 2. The van der Waals surface area contributed by atoms with E-state index in [9.17, 15) is 4.79 Å². The molecule has 6 heteroatoms. The van der Waals surface area contributed by atoms with Crippen molar-refractivity contribution in [3.8, 4) is 0 Å². The maximum absolute atomic E-state index is 12.0. The zero-order valence-electron chi connectivity index (χ0n) is 9.93. The molecule has 0 unspecified atom stereocenters. The van der Waals surface area contributed by atoms with E-state index in [4.69, 9.17) is 23.2 Å². The highest BCUT2D eigenvalue weighted by atomic mass is 35.5. The number of amides is 1. The number of thioether (sulfide) groups is 1. The van der Waals surface area contributed by atoms with E-state index in [-0.39, 0.29) is 5.91 Å². The van der Waals surface area contributed by atoms with Gasteiger partial charge in [-0.05, 0) is 18.4 Å². The molecule has 1 saturated heterocycles. The van der Waals surface area contributed by atoms with Gasteiger partial charge in [-0.15, -0.1) is 11.8 Å². The van der Waals surface area contributed by atoms with Gasteiger partial charge in [0.15, 0.2) is 0 Å². The fourth-order valence-corrected chi connectivity index (χ4v) is 2.87. The van der Waals surface area contributed by atoms with Gasteiger partial charge in [-0.25, -0.2) is 0 Å². The minimum atomic E-state index is -0.140. The first-order valence-corrected chi connectivity index (χ1v) is 7.62. The lowest BCUT2D eigenvalue weighted by Crippen LogP contribution is -2.48. The average molecular weight is 305 g/mol. The molecule has 0 aromatic heterocycles. The number of nitrogens with one attached hydrogen (secondary N) is 2. The molecule has 0 aliphatic carbocycles. The molecule has 1 heterocycles. The second kappa shape index (κ2) is 6.15. The van der Waals surface area contributed by atoms with Crippen LogP contribution >= 0.6 is 35.0 Å². The normalized spacial score (nSPS) is 15.3. The standard InChI is InChI=1S/C12H14Cl2N2OS/c1-18-11-2-8(9(13)3-10(11)14)12(17)16-6-7-4-15-5-7/h2-3,7,15H,4-6H2,1H3,(H,16,17). The maximum atomic E-state index is 12.0. The molecule has 1 aromatic rings. The summed E-state index contributed by atoms with van der Waals surface area (Å²) < 4.78 is 0.